The molecule has 0 aliphatic carbocycles. The molecule has 4 nitrogen and oxygen atoms in total. The summed E-state index contributed by atoms with van der Waals surface area (Å²) in [6.07, 6.45) is -4.31. The van der Waals surface area contributed by atoms with Crippen molar-refractivity contribution >= 4 is 16.6 Å². The number of rotatable bonds is 7. The van der Waals surface area contributed by atoms with E-state index in [0.717, 1.165) is 17.1 Å². The second-order valence-corrected chi connectivity index (χ2v) is 6.69. The molecule has 0 saturated carbocycles. The van der Waals surface area contributed by atoms with E-state index >= 15 is 0 Å². The average molecular weight is 415 g/mol. The van der Waals surface area contributed by atoms with Crippen LogP contribution in [0.1, 0.15) is 11.1 Å². The lowest BCUT2D eigenvalue weighted by atomic mass is 9.96. The topological polar surface area (TPSA) is 58.6 Å². The van der Waals surface area contributed by atoms with Crippen LogP contribution in [0, 0.1) is 0 Å². The van der Waals surface area contributed by atoms with Gasteiger partial charge in [-0.1, -0.05) is 42.5 Å². The van der Waals surface area contributed by atoms with Gasteiger partial charge in [-0.25, -0.2) is 0 Å². The molecule has 0 amide bonds. The van der Waals surface area contributed by atoms with Crippen LogP contribution in [0.4, 0.5) is 13.2 Å². The number of ketones is 1. The second kappa shape index (κ2) is 8.90. The maximum Gasteiger partial charge on any atom is 0.454 e. The molecule has 0 unspecified atom stereocenters. The fourth-order valence-electron chi connectivity index (χ4n) is 3.12. The van der Waals surface area contributed by atoms with E-state index in [1.54, 1.807) is 54.6 Å². The molecule has 2 N–H and O–H groups in total. The number of phenolic OH excluding ortho intramolecular Hbond substituents is 1. The summed E-state index contributed by atoms with van der Waals surface area (Å²) in [6.45, 7) is 0.222. The lowest BCUT2D eigenvalue weighted by Gasteiger charge is -2.14. The largest absolute Gasteiger partial charge is 0.508 e. The first kappa shape index (κ1) is 21.2. The van der Waals surface area contributed by atoms with Crippen molar-refractivity contribution < 1.29 is 27.8 Å². The number of aromatic hydroxyl groups is 1. The number of methoxy groups -OCH3 is 1. The zero-order valence-electron chi connectivity index (χ0n) is 16.2. The molecule has 156 valence electrons. The molecule has 0 radical (unpaired) electrons. The van der Waals surface area contributed by atoms with Crippen LogP contribution in [-0.4, -0.2) is 24.2 Å². The summed E-state index contributed by atoms with van der Waals surface area (Å²) in [7, 11) is 1.54. The number of nitrogens with one attached hydrogen (secondary N) is 1. The van der Waals surface area contributed by atoms with Crippen molar-refractivity contribution in [3.8, 4) is 11.5 Å². The van der Waals surface area contributed by atoms with Gasteiger partial charge in [-0.2, -0.15) is 13.2 Å². The summed E-state index contributed by atoms with van der Waals surface area (Å²) in [5.74, 6) is -1.45. The van der Waals surface area contributed by atoms with E-state index in [1.807, 2.05) is 0 Å². The Hall–Kier alpha value is -3.48. The van der Waals surface area contributed by atoms with E-state index in [4.69, 9.17) is 4.74 Å². The van der Waals surface area contributed by atoms with Crippen LogP contribution < -0.4 is 10.1 Å². The highest BCUT2D eigenvalue weighted by Gasteiger charge is 2.40. The van der Waals surface area contributed by atoms with Crippen molar-refractivity contribution in [1.82, 2.24) is 5.32 Å². The Morgan fingerprint density at radius 3 is 2.43 bits per heavy atom. The van der Waals surface area contributed by atoms with Gasteiger partial charge in [-0.05, 0) is 34.5 Å². The highest BCUT2D eigenvalue weighted by molar-refractivity contribution is 6.01. The second-order valence-electron chi connectivity index (χ2n) is 6.69. The van der Waals surface area contributed by atoms with E-state index in [0.29, 0.717) is 11.1 Å². The fraction of sp³-hybridized carbons (Fsp3) is 0.174. The van der Waals surface area contributed by atoms with Gasteiger partial charge in [0.1, 0.15) is 11.5 Å². The molecule has 3 aromatic carbocycles. The van der Waals surface area contributed by atoms with Crippen LogP contribution in [0.5, 0.6) is 11.5 Å². The number of hydrogen-bond acceptors (Lipinski definition) is 4. The molecule has 3 aromatic rings. The van der Waals surface area contributed by atoms with Gasteiger partial charge < -0.3 is 15.2 Å². The summed E-state index contributed by atoms with van der Waals surface area (Å²) in [6, 6.07) is 17.1. The molecule has 0 spiro atoms. The van der Waals surface area contributed by atoms with Gasteiger partial charge in [0, 0.05) is 30.3 Å². The number of benzene rings is 3. The number of carbonyl (C=O) groups is 1. The molecule has 30 heavy (non-hydrogen) atoms. The molecular weight excluding hydrogens is 395 g/mol. The van der Waals surface area contributed by atoms with Gasteiger partial charge in [0.2, 0.25) is 0 Å². The van der Waals surface area contributed by atoms with Crippen molar-refractivity contribution in [1.29, 1.82) is 0 Å². The molecule has 0 saturated heterocycles. The number of hydrogen-bond donors (Lipinski definition) is 2. The van der Waals surface area contributed by atoms with Gasteiger partial charge in [-0.15, -0.1) is 0 Å². The first-order valence-electron chi connectivity index (χ1n) is 9.16. The van der Waals surface area contributed by atoms with Gasteiger partial charge in [0.05, 0.1) is 7.11 Å². The molecule has 0 aliphatic heterocycles. The summed E-state index contributed by atoms with van der Waals surface area (Å²) in [5.41, 5.74) is 0.588. The Morgan fingerprint density at radius 1 is 1.07 bits per heavy atom. The Balaban J connectivity index is 1.89. The third-order valence-corrected chi connectivity index (χ3v) is 4.67. The van der Waals surface area contributed by atoms with Crippen LogP contribution in [0.25, 0.3) is 10.8 Å². The van der Waals surface area contributed by atoms with E-state index in [-0.39, 0.29) is 24.3 Å². The van der Waals surface area contributed by atoms with Crippen molar-refractivity contribution in [3.63, 3.8) is 0 Å². The number of alkyl halides is 3. The monoisotopic (exact) mass is 415 g/mol. The molecule has 0 heterocycles. The van der Waals surface area contributed by atoms with Crippen LogP contribution in [0.3, 0.4) is 0 Å². The zero-order chi connectivity index (χ0) is 21.7. The summed E-state index contributed by atoms with van der Waals surface area (Å²) in [5, 5.41) is 14.4. The third kappa shape index (κ3) is 4.92. The minimum atomic E-state index is -5.02. The van der Waals surface area contributed by atoms with Gasteiger partial charge in [-0.3, -0.25) is 4.79 Å². The number of carbonyl (C=O) groups excluding carboxylic acids is 1. The molecule has 0 atom stereocenters. The van der Waals surface area contributed by atoms with Gasteiger partial charge >= 0.3 is 6.18 Å². The standard InChI is InChI=1S/C23H20F3NO3/c1-30-18-9-6-15(7-10-18)13-27-14-17(22(29)23(24,25)26)12-20-19-5-3-2-4-16(19)8-11-21(20)28/h2-11,14,27-28H,12-13H2,1H3/b17-14+. The van der Waals surface area contributed by atoms with Gasteiger partial charge in [0.15, 0.2) is 0 Å². The maximum atomic E-state index is 13.2. The minimum absolute atomic E-state index is 0.162. The Bertz CT molecular complexity index is 1070. The Morgan fingerprint density at radius 2 is 1.77 bits per heavy atom. The normalized spacial score (nSPS) is 12.1. The summed E-state index contributed by atoms with van der Waals surface area (Å²) < 4.78 is 44.5. The smallest absolute Gasteiger partial charge is 0.454 e. The number of phenols is 1. The first-order chi connectivity index (χ1) is 14.3. The maximum absolute atomic E-state index is 13.2. The van der Waals surface area contributed by atoms with Crippen LogP contribution in [0.2, 0.25) is 0 Å². The summed E-state index contributed by atoms with van der Waals surface area (Å²) in [4.78, 5) is 12.0. The number of fused-ring (bicyclic) bond motifs is 1. The van der Waals surface area contributed by atoms with E-state index in [1.165, 1.54) is 13.2 Å². The van der Waals surface area contributed by atoms with E-state index in [2.05, 4.69) is 5.32 Å². The fourth-order valence-corrected chi connectivity index (χ4v) is 3.12. The van der Waals surface area contributed by atoms with E-state index in [9.17, 15) is 23.1 Å². The number of Topliss-reactive ketones (excluding diaryl/α,β-unsaturated/α-hetero) is 1. The lowest BCUT2D eigenvalue weighted by Crippen LogP contribution is -2.27. The molecule has 3 rings (SSSR count). The Kier molecular flexibility index (Phi) is 6.30. The molecule has 0 aliphatic rings. The number of halogens is 3. The number of ether oxygens (including phenoxy) is 1. The predicted octanol–water partition coefficient (Wildman–Crippen LogP) is 4.90. The highest BCUT2D eigenvalue weighted by atomic mass is 19.4. The first-order valence-corrected chi connectivity index (χ1v) is 9.16. The summed E-state index contributed by atoms with van der Waals surface area (Å²) >= 11 is 0. The predicted molar refractivity (Wildman–Crippen MR) is 108 cm³/mol. The number of allylic oxidation sites excluding steroid dienone is 1. The van der Waals surface area contributed by atoms with E-state index < -0.39 is 17.5 Å². The van der Waals surface area contributed by atoms with Crippen LogP contribution in [0.15, 0.2) is 72.4 Å². The Labute approximate surface area is 171 Å². The van der Waals surface area contributed by atoms with Crippen molar-refractivity contribution in [2.24, 2.45) is 0 Å². The van der Waals surface area contributed by atoms with Crippen molar-refractivity contribution in [2.45, 2.75) is 19.1 Å². The molecule has 7 heteroatoms. The molecule has 0 fully saturated rings. The zero-order valence-corrected chi connectivity index (χ0v) is 16.2. The SMILES string of the molecule is COc1ccc(CN/C=C(\Cc2c(O)ccc3ccccc23)C(=O)C(F)(F)F)cc1. The highest BCUT2D eigenvalue weighted by Crippen LogP contribution is 2.31. The quantitative estimate of drug-likeness (QED) is 0.539. The van der Waals surface area contributed by atoms with Crippen molar-refractivity contribution in [3.05, 3.63) is 83.6 Å². The van der Waals surface area contributed by atoms with Crippen LogP contribution >= 0.6 is 0 Å². The van der Waals surface area contributed by atoms with Crippen LogP contribution in [-0.2, 0) is 17.8 Å². The molecule has 0 bridgehead atoms. The average Bonchev–Trinajstić information content (AvgIpc) is 2.74. The van der Waals surface area contributed by atoms with Crippen molar-refractivity contribution in [2.75, 3.05) is 7.11 Å². The minimum Gasteiger partial charge on any atom is -0.508 e. The van der Waals surface area contributed by atoms with Gasteiger partial charge in [0.25, 0.3) is 5.78 Å². The third-order valence-electron chi connectivity index (χ3n) is 4.67. The lowest BCUT2D eigenvalue weighted by molar-refractivity contribution is -0.166. The molecular formula is C23H20F3NO3. The molecule has 0 aromatic heterocycles.